The summed E-state index contributed by atoms with van der Waals surface area (Å²) in [7, 11) is 0. The number of likely N-dealkylation sites (tertiary alicyclic amines) is 1. The van der Waals surface area contributed by atoms with Crippen LogP contribution >= 0.6 is 0 Å². The first-order valence-corrected chi connectivity index (χ1v) is 7.96. The standard InChI is InChI=1S/C15H18N8O/c1-10-6-11(2)23-15(18-10)19-13(20-23)14(24)21-5-3-4-12(7-21)22-9-16-8-17-22/h6,8-9,12H,3-5,7H2,1-2H3. The molecule has 1 aliphatic heterocycles. The van der Waals surface area contributed by atoms with Gasteiger partial charge in [-0.3, -0.25) is 4.79 Å². The quantitative estimate of drug-likeness (QED) is 0.692. The Morgan fingerprint density at radius 3 is 2.96 bits per heavy atom. The highest BCUT2D eigenvalue weighted by atomic mass is 16.2. The van der Waals surface area contributed by atoms with Crippen molar-refractivity contribution in [2.75, 3.05) is 13.1 Å². The van der Waals surface area contributed by atoms with Crippen LogP contribution in [0.15, 0.2) is 18.7 Å². The second kappa shape index (κ2) is 5.66. The molecule has 4 rings (SSSR count). The molecule has 3 aromatic rings. The molecular weight excluding hydrogens is 308 g/mol. The first-order chi connectivity index (χ1) is 11.6. The Kier molecular flexibility index (Phi) is 3.47. The number of aromatic nitrogens is 7. The second-order valence-corrected chi connectivity index (χ2v) is 6.11. The monoisotopic (exact) mass is 326 g/mol. The summed E-state index contributed by atoms with van der Waals surface area (Å²) in [6.45, 7) is 5.11. The van der Waals surface area contributed by atoms with E-state index in [2.05, 4.69) is 25.1 Å². The minimum atomic E-state index is -0.164. The maximum atomic E-state index is 12.8. The van der Waals surface area contributed by atoms with Crippen molar-refractivity contribution >= 4 is 11.7 Å². The first-order valence-electron chi connectivity index (χ1n) is 7.96. The summed E-state index contributed by atoms with van der Waals surface area (Å²) >= 11 is 0. The van der Waals surface area contributed by atoms with Crippen LogP contribution in [0.4, 0.5) is 0 Å². The second-order valence-electron chi connectivity index (χ2n) is 6.11. The van der Waals surface area contributed by atoms with Gasteiger partial charge in [0, 0.05) is 24.5 Å². The van der Waals surface area contributed by atoms with E-state index in [0.717, 1.165) is 24.2 Å². The van der Waals surface area contributed by atoms with Crippen LogP contribution in [0.5, 0.6) is 0 Å². The van der Waals surface area contributed by atoms with Gasteiger partial charge in [-0.05, 0) is 32.8 Å². The Labute approximate surface area is 138 Å². The lowest BCUT2D eigenvalue weighted by Gasteiger charge is -2.31. The predicted octanol–water partition coefficient (Wildman–Crippen LogP) is 0.810. The zero-order chi connectivity index (χ0) is 16.7. The molecule has 0 radical (unpaired) electrons. The summed E-state index contributed by atoms with van der Waals surface area (Å²) < 4.78 is 3.42. The van der Waals surface area contributed by atoms with Gasteiger partial charge in [0.25, 0.3) is 11.7 Å². The molecule has 1 unspecified atom stereocenters. The van der Waals surface area contributed by atoms with E-state index in [0.29, 0.717) is 18.9 Å². The SMILES string of the molecule is Cc1cc(C)n2nc(C(=O)N3CCCC(n4cncn4)C3)nc2n1. The Hall–Kier alpha value is -2.84. The van der Waals surface area contributed by atoms with Crippen LogP contribution in [0.1, 0.15) is 40.9 Å². The number of rotatable bonds is 2. The highest BCUT2D eigenvalue weighted by molar-refractivity contribution is 5.91. The van der Waals surface area contributed by atoms with Crippen molar-refractivity contribution in [3.63, 3.8) is 0 Å². The molecule has 0 aromatic carbocycles. The third kappa shape index (κ3) is 2.51. The van der Waals surface area contributed by atoms with E-state index in [9.17, 15) is 4.79 Å². The number of aryl methyl sites for hydroxylation is 2. The van der Waals surface area contributed by atoms with Gasteiger partial charge < -0.3 is 4.90 Å². The van der Waals surface area contributed by atoms with Gasteiger partial charge in [-0.15, -0.1) is 5.10 Å². The number of piperidine rings is 1. The van der Waals surface area contributed by atoms with Crippen molar-refractivity contribution < 1.29 is 4.79 Å². The largest absolute Gasteiger partial charge is 0.334 e. The van der Waals surface area contributed by atoms with Gasteiger partial charge in [-0.25, -0.2) is 19.2 Å². The number of amides is 1. The molecule has 0 aliphatic carbocycles. The fourth-order valence-corrected chi connectivity index (χ4v) is 3.16. The molecule has 1 aliphatic rings. The summed E-state index contributed by atoms with van der Waals surface area (Å²) in [4.78, 5) is 27.2. The fourth-order valence-electron chi connectivity index (χ4n) is 3.16. The van der Waals surface area contributed by atoms with Crippen molar-refractivity contribution in [3.05, 3.63) is 35.9 Å². The lowest BCUT2D eigenvalue weighted by molar-refractivity contribution is 0.0660. The number of hydrogen-bond acceptors (Lipinski definition) is 6. The molecule has 9 heteroatoms. The molecule has 0 spiro atoms. The highest BCUT2D eigenvalue weighted by Crippen LogP contribution is 2.21. The molecule has 124 valence electrons. The number of nitrogens with zero attached hydrogens (tertiary/aromatic N) is 8. The molecule has 24 heavy (non-hydrogen) atoms. The van der Waals surface area contributed by atoms with Crippen molar-refractivity contribution in [2.45, 2.75) is 32.7 Å². The number of carbonyl (C=O) groups excluding carboxylic acids is 1. The molecule has 1 atom stereocenters. The van der Waals surface area contributed by atoms with Crippen molar-refractivity contribution in [1.82, 2.24) is 39.2 Å². The minimum Gasteiger partial charge on any atom is -0.334 e. The maximum absolute atomic E-state index is 12.8. The zero-order valence-corrected chi connectivity index (χ0v) is 13.6. The fraction of sp³-hybridized carbons (Fsp3) is 0.467. The molecule has 1 fully saturated rings. The van der Waals surface area contributed by atoms with E-state index < -0.39 is 0 Å². The van der Waals surface area contributed by atoms with Crippen LogP contribution in [-0.2, 0) is 0 Å². The molecule has 3 aromatic heterocycles. The van der Waals surface area contributed by atoms with Crippen molar-refractivity contribution in [2.24, 2.45) is 0 Å². The average molecular weight is 326 g/mol. The van der Waals surface area contributed by atoms with E-state index in [1.54, 1.807) is 15.7 Å². The van der Waals surface area contributed by atoms with E-state index in [-0.39, 0.29) is 17.8 Å². The van der Waals surface area contributed by atoms with Crippen LogP contribution in [0.2, 0.25) is 0 Å². The van der Waals surface area contributed by atoms with Crippen LogP contribution in [0.25, 0.3) is 5.78 Å². The van der Waals surface area contributed by atoms with Crippen molar-refractivity contribution in [3.8, 4) is 0 Å². The lowest BCUT2D eigenvalue weighted by Crippen LogP contribution is -2.41. The molecule has 1 amide bonds. The van der Waals surface area contributed by atoms with E-state index in [4.69, 9.17) is 0 Å². The Morgan fingerprint density at radius 2 is 2.17 bits per heavy atom. The van der Waals surface area contributed by atoms with Gasteiger partial charge in [-0.2, -0.15) is 10.1 Å². The van der Waals surface area contributed by atoms with Crippen molar-refractivity contribution in [1.29, 1.82) is 0 Å². The minimum absolute atomic E-state index is 0.143. The summed E-state index contributed by atoms with van der Waals surface area (Å²) in [5.41, 5.74) is 1.76. The van der Waals surface area contributed by atoms with E-state index in [1.807, 2.05) is 24.6 Å². The summed E-state index contributed by atoms with van der Waals surface area (Å²) in [5, 5.41) is 8.52. The summed E-state index contributed by atoms with van der Waals surface area (Å²) in [6.07, 6.45) is 5.10. The van der Waals surface area contributed by atoms with E-state index >= 15 is 0 Å². The first kappa shape index (κ1) is 14.7. The molecular formula is C15H18N8O. The zero-order valence-electron chi connectivity index (χ0n) is 13.6. The normalized spacial score (nSPS) is 18.2. The summed E-state index contributed by atoms with van der Waals surface area (Å²) in [6, 6.07) is 2.06. The van der Waals surface area contributed by atoms with Gasteiger partial charge in [0.2, 0.25) is 5.82 Å². The van der Waals surface area contributed by atoms with Gasteiger partial charge in [0.1, 0.15) is 12.7 Å². The molecule has 9 nitrogen and oxygen atoms in total. The Balaban J connectivity index is 1.60. The lowest BCUT2D eigenvalue weighted by atomic mass is 10.1. The van der Waals surface area contributed by atoms with Crippen LogP contribution in [0, 0.1) is 13.8 Å². The molecule has 0 bridgehead atoms. The summed E-state index contributed by atoms with van der Waals surface area (Å²) in [5.74, 6) is 0.485. The third-order valence-electron chi connectivity index (χ3n) is 4.30. The molecule has 0 saturated carbocycles. The Bertz CT molecular complexity index is 884. The molecule has 0 N–H and O–H groups in total. The highest BCUT2D eigenvalue weighted by Gasteiger charge is 2.28. The molecule has 1 saturated heterocycles. The predicted molar refractivity (Wildman–Crippen MR) is 84.5 cm³/mol. The van der Waals surface area contributed by atoms with Gasteiger partial charge in [-0.1, -0.05) is 0 Å². The third-order valence-corrected chi connectivity index (χ3v) is 4.30. The number of carbonyl (C=O) groups is 1. The van der Waals surface area contributed by atoms with Crippen LogP contribution < -0.4 is 0 Å². The maximum Gasteiger partial charge on any atom is 0.293 e. The van der Waals surface area contributed by atoms with Gasteiger partial charge >= 0.3 is 0 Å². The van der Waals surface area contributed by atoms with Gasteiger partial charge in [0.05, 0.1) is 6.04 Å². The van der Waals surface area contributed by atoms with Crippen LogP contribution in [-0.4, -0.2) is 58.2 Å². The smallest absolute Gasteiger partial charge is 0.293 e. The number of hydrogen-bond donors (Lipinski definition) is 0. The number of fused-ring (bicyclic) bond motifs is 1. The van der Waals surface area contributed by atoms with Crippen LogP contribution in [0.3, 0.4) is 0 Å². The molecule has 4 heterocycles. The van der Waals surface area contributed by atoms with E-state index in [1.165, 1.54) is 6.33 Å². The average Bonchev–Trinajstić information content (AvgIpc) is 3.24. The van der Waals surface area contributed by atoms with Gasteiger partial charge in [0.15, 0.2) is 0 Å². The topological polar surface area (TPSA) is 94.1 Å². The Morgan fingerprint density at radius 1 is 1.29 bits per heavy atom.